The van der Waals surface area contributed by atoms with Crippen LogP contribution in [-0.4, -0.2) is 16.7 Å². The van der Waals surface area contributed by atoms with E-state index in [1.165, 1.54) is 0 Å². The summed E-state index contributed by atoms with van der Waals surface area (Å²) >= 11 is 0. The summed E-state index contributed by atoms with van der Waals surface area (Å²) in [6.45, 7) is 2.21. The second kappa shape index (κ2) is 3.40. The number of ketones is 2. The van der Waals surface area contributed by atoms with Crippen molar-refractivity contribution in [1.82, 2.24) is 0 Å². The smallest absolute Gasteiger partial charge is 0.167 e. The van der Waals surface area contributed by atoms with Gasteiger partial charge in [-0.2, -0.15) is 0 Å². The molecule has 0 saturated heterocycles. The highest BCUT2D eigenvalue weighted by molar-refractivity contribution is 6.15. The van der Waals surface area contributed by atoms with Crippen molar-refractivity contribution in [2.24, 2.45) is 0 Å². The van der Waals surface area contributed by atoms with Crippen LogP contribution in [0.2, 0.25) is 0 Å². The highest BCUT2D eigenvalue weighted by Crippen LogP contribution is 2.42. The van der Waals surface area contributed by atoms with Crippen molar-refractivity contribution in [1.29, 1.82) is 0 Å². The Morgan fingerprint density at radius 2 is 2.00 bits per heavy atom. The van der Waals surface area contributed by atoms with E-state index in [0.29, 0.717) is 17.7 Å². The molecule has 1 heterocycles. The zero-order valence-corrected chi connectivity index (χ0v) is 9.45. The lowest BCUT2D eigenvalue weighted by atomic mass is 9.85. The summed E-state index contributed by atoms with van der Waals surface area (Å²) in [7, 11) is 0. The number of Topliss-reactive ketones (excluding diaryl/α,β-unsaturated/α-hetero) is 2. The minimum atomic E-state index is -0.222. The number of fused-ring (bicyclic) bond motifs is 2. The van der Waals surface area contributed by atoms with Gasteiger partial charge in [-0.25, -0.2) is 0 Å². The van der Waals surface area contributed by atoms with Gasteiger partial charge in [-0.05, 0) is 18.6 Å². The van der Waals surface area contributed by atoms with Crippen molar-refractivity contribution in [3.63, 3.8) is 0 Å². The fourth-order valence-electron chi connectivity index (χ4n) is 2.60. The van der Waals surface area contributed by atoms with E-state index in [1.807, 2.05) is 6.92 Å². The highest BCUT2D eigenvalue weighted by atomic mass is 16.5. The van der Waals surface area contributed by atoms with Gasteiger partial charge >= 0.3 is 0 Å². The Morgan fingerprint density at radius 3 is 2.76 bits per heavy atom. The number of carbonyl (C=O) groups is 2. The first-order chi connectivity index (χ1) is 8.09. The number of hydrogen-bond donors (Lipinski definition) is 1. The van der Waals surface area contributed by atoms with Gasteiger partial charge in [0.1, 0.15) is 5.75 Å². The molecule has 1 N–H and O–H groups in total. The number of benzene rings is 1. The topological polar surface area (TPSA) is 63.6 Å². The molecule has 3 rings (SSSR count). The number of phenolic OH excluding ortho intramolecular Hbond substituents is 1. The molecule has 0 radical (unpaired) electrons. The molecule has 0 aromatic heterocycles. The summed E-state index contributed by atoms with van der Waals surface area (Å²) < 4.78 is 5.41. The lowest BCUT2D eigenvalue weighted by Crippen LogP contribution is -2.18. The molecule has 4 heteroatoms. The third-order valence-electron chi connectivity index (χ3n) is 3.48. The molecular formula is C13H12O4. The van der Waals surface area contributed by atoms with E-state index in [2.05, 4.69) is 0 Å². The Labute approximate surface area is 98.2 Å². The minimum Gasteiger partial charge on any atom is -0.507 e. The second-order valence-corrected chi connectivity index (χ2v) is 4.52. The SMILES string of the molecule is CC1OCc2cc3c(c(O)c21)C(=O)CCC3=O. The van der Waals surface area contributed by atoms with E-state index in [-0.39, 0.29) is 41.8 Å². The fourth-order valence-corrected chi connectivity index (χ4v) is 2.60. The standard InChI is InChI=1S/C13H12O4/c1-6-11-7(5-17-6)4-8-9(14)2-3-10(15)12(8)13(11)16/h4,6,16H,2-3,5H2,1H3. The average molecular weight is 232 g/mol. The molecule has 1 aromatic carbocycles. The Kier molecular flexibility index (Phi) is 2.10. The van der Waals surface area contributed by atoms with E-state index in [1.54, 1.807) is 6.07 Å². The van der Waals surface area contributed by atoms with Crippen LogP contribution in [-0.2, 0) is 11.3 Å². The van der Waals surface area contributed by atoms with Gasteiger partial charge in [0.05, 0.1) is 18.3 Å². The van der Waals surface area contributed by atoms with Crippen LogP contribution in [0.1, 0.15) is 57.7 Å². The van der Waals surface area contributed by atoms with Crippen LogP contribution in [0, 0.1) is 0 Å². The molecule has 88 valence electrons. The summed E-state index contributed by atoms with van der Waals surface area (Å²) in [6.07, 6.45) is 0.202. The quantitative estimate of drug-likeness (QED) is 0.744. The predicted molar refractivity (Wildman–Crippen MR) is 59.2 cm³/mol. The third-order valence-corrected chi connectivity index (χ3v) is 3.48. The van der Waals surface area contributed by atoms with Gasteiger partial charge in [0.2, 0.25) is 0 Å². The minimum absolute atomic E-state index is 0.0550. The zero-order chi connectivity index (χ0) is 12.2. The second-order valence-electron chi connectivity index (χ2n) is 4.52. The number of phenols is 1. The molecule has 1 atom stereocenters. The van der Waals surface area contributed by atoms with Crippen molar-refractivity contribution in [2.75, 3.05) is 0 Å². The van der Waals surface area contributed by atoms with Crippen LogP contribution in [0.3, 0.4) is 0 Å². The van der Waals surface area contributed by atoms with E-state index in [0.717, 1.165) is 5.56 Å². The van der Waals surface area contributed by atoms with Crippen molar-refractivity contribution in [3.8, 4) is 5.75 Å². The Hall–Kier alpha value is -1.68. The highest BCUT2D eigenvalue weighted by Gasteiger charge is 2.33. The fraction of sp³-hybridized carbons (Fsp3) is 0.385. The maximum absolute atomic E-state index is 11.8. The summed E-state index contributed by atoms with van der Waals surface area (Å²) in [4.78, 5) is 23.6. The number of ether oxygens (including phenoxy) is 1. The van der Waals surface area contributed by atoms with E-state index >= 15 is 0 Å². The Morgan fingerprint density at radius 1 is 1.29 bits per heavy atom. The van der Waals surface area contributed by atoms with Crippen LogP contribution in [0.25, 0.3) is 0 Å². The van der Waals surface area contributed by atoms with Crippen molar-refractivity contribution >= 4 is 11.6 Å². The number of aromatic hydroxyl groups is 1. The molecule has 17 heavy (non-hydrogen) atoms. The number of hydrogen-bond acceptors (Lipinski definition) is 4. The number of rotatable bonds is 0. The Balaban J connectivity index is 2.32. The molecule has 1 aliphatic carbocycles. The summed E-state index contributed by atoms with van der Waals surface area (Å²) in [5.74, 6) is -0.281. The van der Waals surface area contributed by atoms with Crippen molar-refractivity contribution in [2.45, 2.75) is 32.5 Å². The van der Waals surface area contributed by atoms with Gasteiger partial charge < -0.3 is 9.84 Å². The molecule has 1 aromatic rings. The molecule has 0 spiro atoms. The van der Waals surface area contributed by atoms with Gasteiger partial charge in [0.25, 0.3) is 0 Å². The lowest BCUT2D eigenvalue weighted by molar-refractivity contribution is 0.0785. The molecule has 1 aliphatic heterocycles. The lowest BCUT2D eigenvalue weighted by Gasteiger charge is -2.18. The molecule has 0 bridgehead atoms. The maximum atomic E-state index is 11.8. The van der Waals surface area contributed by atoms with E-state index in [4.69, 9.17) is 4.74 Å². The molecule has 0 saturated carbocycles. The van der Waals surface area contributed by atoms with E-state index < -0.39 is 0 Å². The largest absolute Gasteiger partial charge is 0.507 e. The molecule has 2 aliphatic rings. The van der Waals surface area contributed by atoms with Gasteiger partial charge in [-0.3, -0.25) is 9.59 Å². The Bertz CT molecular complexity index is 545. The molecule has 0 fully saturated rings. The molecule has 0 amide bonds. The van der Waals surface area contributed by atoms with Crippen LogP contribution in [0.15, 0.2) is 6.07 Å². The zero-order valence-electron chi connectivity index (χ0n) is 9.45. The van der Waals surface area contributed by atoms with E-state index in [9.17, 15) is 14.7 Å². The monoisotopic (exact) mass is 232 g/mol. The molecular weight excluding hydrogens is 220 g/mol. The van der Waals surface area contributed by atoms with Crippen LogP contribution < -0.4 is 0 Å². The number of carbonyl (C=O) groups excluding carboxylic acids is 2. The molecule has 1 unspecified atom stereocenters. The predicted octanol–water partition coefficient (Wildman–Crippen LogP) is 2.14. The molecule has 4 nitrogen and oxygen atoms in total. The first kappa shape index (κ1) is 10.5. The average Bonchev–Trinajstić information content (AvgIpc) is 2.66. The summed E-state index contributed by atoms with van der Waals surface area (Å²) in [5, 5.41) is 10.2. The van der Waals surface area contributed by atoms with Crippen LogP contribution >= 0.6 is 0 Å². The summed E-state index contributed by atoms with van der Waals surface area (Å²) in [5.41, 5.74) is 2.02. The van der Waals surface area contributed by atoms with Crippen LogP contribution in [0.5, 0.6) is 5.75 Å². The van der Waals surface area contributed by atoms with Gasteiger partial charge in [-0.15, -0.1) is 0 Å². The van der Waals surface area contributed by atoms with Crippen molar-refractivity contribution < 1.29 is 19.4 Å². The first-order valence-corrected chi connectivity index (χ1v) is 5.66. The summed E-state index contributed by atoms with van der Waals surface area (Å²) in [6, 6.07) is 1.70. The van der Waals surface area contributed by atoms with Crippen molar-refractivity contribution in [3.05, 3.63) is 28.3 Å². The maximum Gasteiger partial charge on any atom is 0.167 e. The van der Waals surface area contributed by atoms with Gasteiger partial charge in [0.15, 0.2) is 11.6 Å². The first-order valence-electron chi connectivity index (χ1n) is 5.66. The van der Waals surface area contributed by atoms with Gasteiger partial charge in [-0.1, -0.05) is 0 Å². The normalized spacial score (nSPS) is 22.5. The van der Waals surface area contributed by atoms with Crippen LogP contribution in [0.4, 0.5) is 0 Å². The van der Waals surface area contributed by atoms with Gasteiger partial charge in [0, 0.05) is 24.0 Å². The third kappa shape index (κ3) is 1.34.